The summed E-state index contributed by atoms with van der Waals surface area (Å²) in [6.45, 7) is 5.64. The molecule has 5 heteroatoms. The molecule has 0 aromatic rings. The van der Waals surface area contributed by atoms with Crippen LogP contribution in [0.4, 0.5) is 0 Å². The molecule has 0 aliphatic heterocycles. The third-order valence-corrected chi connectivity index (χ3v) is 3.46. The van der Waals surface area contributed by atoms with E-state index in [1.54, 1.807) is 13.8 Å². The van der Waals surface area contributed by atoms with Gasteiger partial charge in [-0.25, -0.2) is 0 Å². The maximum Gasteiger partial charge on any atom is 0.332 e. The Balaban J connectivity index is 4.11. The molecule has 4 nitrogen and oxygen atoms in total. The van der Waals surface area contributed by atoms with E-state index < -0.39 is 19.2 Å². The van der Waals surface area contributed by atoms with Crippen molar-refractivity contribution in [3.8, 4) is 0 Å². The van der Waals surface area contributed by atoms with Crippen LogP contribution in [0.5, 0.6) is 0 Å². The fourth-order valence-electron chi connectivity index (χ4n) is 1.53. The van der Waals surface area contributed by atoms with Crippen LogP contribution >= 0.6 is 7.60 Å². The summed E-state index contributed by atoms with van der Waals surface area (Å²) in [6.07, 6.45) is 4.36. The van der Waals surface area contributed by atoms with E-state index in [1.807, 2.05) is 0 Å². The van der Waals surface area contributed by atoms with Gasteiger partial charge in [0.2, 0.25) is 0 Å². The van der Waals surface area contributed by atoms with Crippen LogP contribution in [0.3, 0.4) is 0 Å². The van der Waals surface area contributed by atoms with Gasteiger partial charge in [-0.15, -0.1) is 0 Å². The molecule has 0 bridgehead atoms. The third-order valence-electron chi connectivity index (χ3n) is 2.76. The third kappa shape index (κ3) is 7.15. The predicted molar refractivity (Wildman–Crippen MR) is 64.5 cm³/mol. The number of Topliss-reactive ketones (excluding diaryl/α,β-unsaturated/α-hetero) is 1. The minimum atomic E-state index is -4.21. The minimum Gasteiger partial charge on any atom is -0.324 e. The van der Waals surface area contributed by atoms with Crippen molar-refractivity contribution in [1.29, 1.82) is 0 Å². The second-order valence-corrected chi connectivity index (χ2v) is 6.59. The zero-order chi connectivity index (χ0) is 12.8. The molecular formula is C11H23O4P. The standard InChI is InChI=1S/C11H23O4P/c1-4-5-6-7-8-11(2,3)10(12)9-16(13,14)15/h4-9H2,1-3H3,(H2,13,14,15). The summed E-state index contributed by atoms with van der Waals surface area (Å²) in [5.74, 6) is -0.336. The second-order valence-electron chi connectivity index (χ2n) is 4.94. The van der Waals surface area contributed by atoms with Crippen molar-refractivity contribution in [1.82, 2.24) is 0 Å². The van der Waals surface area contributed by atoms with Crippen LogP contribution in [0.15, 0.2) is 0 Å². The molecule has 0 rings (SSSR count). The Kier molecular flexibility index (Phi) is 6.46. The monoisotopic (exact) mass is 250 g/mol. The van der Waals surface area contributed by atoms with E-state index in [4.69, 9.17) is 9.79 Å². The van der Waals surface area contributed by atoms with Gasteiger partial charge < -0.3 is 9.79 Å². The molecule has 0 heterocycles. The lowest BCUT2D eigenvalue weighted by Gasteiger charge is -2.23. The average Bonchev–Trinajstić information content (AvgIpc) is 2.09. The first-order valence-electron chi connectivity index (χ1n) is 5.77. The van der Waals surface area contributed by atoms with Crippen LogP contribution < -0.4 is 0 Å². The molecule has 0 atom stereocenters. The minimum absolute atomic E-state index is 0.336. The fourth-order valence-corrected chi connectivity index (χ4v) is 2.34. The van der Waals surface area contributed by atoms with E-state index in [-0.39, 0.29) is 5.78 Å². The number of unbranched alkanes of at least 4 members (excludes halogenated alkanes) is 3. The SMILES string of the molecule is CCCCCCC(C)(C)C(=O)CP(=O)(O)O. The van der Waals surface area contributed by atoms with Gasteiger partial charge in [0, 0.05) is 5.41 Å². The lowest BCUT2D eigenvalue weighted by atomic mass is 9.83. The summed E-state index contributed by atoms with van der Waals surface area (Å²) in [7, 11) is -4.21. The first-order valence-corrected chi connectivity index (χ1v) is 7.56. The molecule has 0 aromatic heterocycles. The van der Waals surface area contributed by atoms with Crippen LogP contribution in [-0.4, -0.2) is 21.7 Å². The van der Waals surface area contributed by atoms with Gasteiger partial charge >= 0.3 is 7.60 Å². The van der Waals surface area contributed by atoms with Crippen molar-refractivity contribution in [3.05, 3.63) is 0 Å². The quantitative estimate of drug-likeness (QED) is 0.513. The maximum absolute atomic E-state index is 11.7. The summed E-state index contributed by atoms with van der Waals surface area (Å²) in [5.41, 5.74) is -0.616. The molecular weight excluding hydrogens is 227 g/mol. The number of carbonyl (C=O) groups excluding carboxylic acids is 1. The summed E-state index contributed by atoms with van der Waals surface area (Å²) < 4.78 is 10.7. The van der Waals surface area contributed by atoms with Crippen molar-refractivity contribution in [3.63, 3.8) is 0 Å². The lowest BCUT2D eigenvalue weighted by molar-refractivity contribution is -0.125. The summed E-state index contributed by atoms with van der Waals surface area (Å²) in [5, 5.41) is 0. The molecule has 0 spiro atoms. The van der Waals surface area contributed by atoms with Crippen molar-refractivity contribution >= 4 is 13.4 Å². The Hall–Kier alpha value is -0.180. The first kappa shape index (κ1) is 15.8. The van der Waals surface area contributed by atoms with Gasteiger partial charge in [-0.3, -0.25) is 9.36 Å². The predicted octanol–water partition coefficient (Wildman–Crippen LogP) is 2.73. The van der Waals surface area contributed by atoms with Crippen LogP contribution in [0.2, 0.25) is 0 Å². The van der Waals surface area contributed by atoms with Crippen molar-refractivity contribution < 1.29 is 19.1 Å². The van der Waals surface area contributed by atoms with Gasteiger partial charge in [0.25, 0.3) is 0 Å². The highest BCUT2D eigenvalue weighted by atomic mass is 31.2. The van der Waals surface area contributed by atoms with Gasteiger partial charge in [0.05, 0.1) is 0 Å². The topological polar surface area (TPSA) is 74.6 Å². The lowest BCUT2D eigenvalue weighted by Crippen LogP contribution is -2.27. The van der Waals surface area contributed by atoms with Gasteiger partial charge in [0.1, 0.15) is 11.9 Å². The average molecular weight is 250 g/mol. The molecule has 0 saturated carbocycles. The van der Waals surface area contributed by atoms with Crippen LogP contribution in [0.25, 0.3) is 0 Å². The van der Waals surface area contributed by atoms with Gasteiger partial charge in [-0.05, 0) is 6.42 Å². The van der Waals surface area contributed by atoms with Gasteiger partial charge in [-0.1, -0.05) is 46.5 Å². The molecule has 0 aliphatic carbocycles. The Labute approximate surface area is 97.6 Å². The first-order chi connectivity index (χ1) is 7.19. The summed E-state index contributed by atoms with van der Waals surface area (Å²) in [6, 6.07) is 0. The molecule has 0 unspecified atom stereocenters. The normalized spacial score (nSPS) is 12.8. The molecule has 16 heavy (non-hydrogen) atoms. The molecule has 96 valence electrons. The van der Waals surface area contributed by atoms with Gasteiger partial charge in [0.15, 0.2) is 0 Å². The molecule has 0 radical (unpaired) electrons. The highest BCUT2D eigenvalue weighted by Crippen LogP contribution is 2.38. The smallest absolute Gasteiger partial charge is 0.324 e. The van der Waals surface area contributed by atoms with Crippen LogP contribution in [0.1, 0.15) is 52.9 Å². The Morgan fingerprint density at radius 1 is 1.19 bits per heavy atom. The molecule has 0 aromatic carbocycles. The van der Waals surface area contributed by atoms with E-state index in [2.05, 4.69) is 6.92 Å². The van der Waals surface area contributed by atoms with Crippen molar-refractivity contribution in [2.45, 2.75) is 52.9 Å². The zero-order valence-corrected chi connectivity index (χ0v) is 11.3. The van der Waals surface area contributed by atoms with Crippen LogP contribution in [-0.2, 0) is 9.36 Å². The molecule has 0 saturated heterocycles. The van der Waals surface area contributed by atoms with E-state index in [1.165, 1.54) is 0 Å². The number of carbonyl (C=O) groups is 1. The summed E-state index contributed by atoms with van der Waals surface area (Å²) >= 11 is 0. The van der Waals surface area contributed by atoms with Crippen molar-refractivity contribution in [2.24, 2.45) is 5.41 Å². The number of ketones is 1. The Morgan fingerprint density at radius 3 is 2.19 bits per heavy atom. The highest BCUT2D eigenvalue weighted by Gasteiger charge is 2.31. The second kappa shape index (κ2) is 6.53. The molecule has 0 amide bonds. The van der Waals surface area contributed by atoms with E-state index in [0.29, 0.717) is 6.42 Å². The number of hydrogen-bond acceptors (Lipinski definition) is 2. The van der Waals surface area contributed by atoms with E-state index in [9.17, 15) is 9.36 Å². The van der Waals surface area contributed by atoms with Crippen LogP contribution in [0, 0.1) is 5.41 Å². The largest absolute Gasteiger partial charge is 0.332 e. The maximum atomic E-state index is 11.7. The zero-order valence-electron chi connectivity index (χ0n) is 10.4. The van der Waals surface area contributed by atoms with E-state index in [0.717, 1.165) is 25.7 Å². The van der Waals surface area contributed by atoms with Crippen molar-refractivity contribution in [2.75, 3.05) is 6.16 Å². The van der Waals surface area contributed by atoms with Gasteiger partial charge in [-0.2, -0.15) is 0 Å². The molecule has 0 aliphatic rings. The Morgan fingerprint density at radius 2 is 1.75 bits per heavy atom. The number of hydrogen-bond donors (Lipinski definition) is 2. The molecule has 2 N–H and O–H groups in total. The fraction of sp³-hybridized carbons (Fsp3) is 0.909. The molecule has 0 fully saturated rings. The Bertz CT molecular complexity index is 267. The highest BCUT2D eigenvalue weighted by molar-refractivity contribution is 7.52. The number of rotatable bonds is 8. The van der Waals surface area contributed by atoms with E-state index >= 15 is 0 Å². The summed E-state index contributed by atoms with van der Waals surface area (Å²) in [4.78, 5) is 29.2.